The van der Waals surface area contributed by atoms with E-state index in [1.54, 1.807) is 41.5 Å². The number of hydrogen-bond donors (Lipinski definition) is 0. The second-order valence-electron chi connectivity index (χ2n) is 6.58. The van der Waals surface area contributed by atoms with Gasteiger partial charge in [0.2, 0.25) is 0 Å². The average Bonchev–Trinajstić information content (AvgIpc) is 2.07. The van der Waals surface area contributed by atoms with E-state index < -0.39 is 23.1 Å². The summed E-state index contributed by atoms with van der Waals surface area (Å²) in [5.41, 5.74) is -1.05. The number of rotatable bonds is 2. The maximum Gasteiger partial charge on any atom is 2.00 e. The van der Waals surface area contributed by atoms with Crippen molar-refractivity contribution >= 4 is 11.9 Å². The predicted molar refractivity (Wildman–Crippen MR) is 79.2 cm³/mol. The molecule has 0 amide bonds. The first kappa shape index (κ1) is 26.4. The molecule has 0 saturated carbocycles. The minimum Gasteiger partial charge on any atom is -0.875 e. The van der Waals surface area contributed by atoms with Crippen LogP contribution in [0.15, 0.2) is 23.7 Å². The van der Waals surface area contributed by atoms with Gasteiger partial charge >= 0.3 is 29.0 Å². The summed E-state index contributed by atoms with van der Waals surface area (Å²) in [4.78, 5) is 21.5. The fourth-order valence-electron chi connectivity index (χ4n) is 0.994. The van der Waals surface area contributed by atoms with Gasteiger partial charge in [0, 0.05) is 12.2 Å². The zero-order valence-corrected chi connectivity index (χ0v) is 15.8. The quantitative estimate of drug-likeness (QED) is 0.310. The summed E-state index contributed by atoms with van der Waals surface area (Å²) >= 11 is 0. The maximum absolute atomic E-state index is 10.8. The second-order valence-corrected chi connectivity index (χ2v) is 6.58. The van der Waals surface area contributed by atoms with Crippen LogP contribution in [0.2, 0.25) is 0 Å². The van der Waals surface area contributed by atoms with E-state index in [0.717, 1.165) is 12.2 Å². The molecule has 0 unspecified atom stereocenters. The SMILES string of the molecule is C/C([O-])=C/C(=O)OC(C)(C)C.C/C([O-])=C/C(=O)OC(C)(C)C.[Cu+2]. The van der Waals surface area contributed by atoms with E-state index in [1.807, 2.05) is 0 Å². The standard InChI is InChI=1S/2C8H14O3.Cu/c2*1-6(9)5-7(10)11-8(2,3)4;/h2*5,9H,1-4H3;/q;;+2/p-2/b2*6-5-;. The smallest absolute Gasteiger partial charge is 0.875 e. The molecule has 0 spiro atoms. The van der Waals surface area contributed by atoms with Gasteiger partial charge in [0.15, 0.2) is 0 Å². The zero-order chi connectivity index (χ0) is 18.1. The fraction of sp³-hybridized carbons (Fsp3) is 0.625. The zero-order valence-electron chi connectivity index (χ0n) is 14.9. The third-order valence-electron chi connectivity index (χ3n) is 1.46. The van der Waals surface area contributed by atoms with Crippen molar-refractivity contribution < 1.29 is 46.3 Å². The van der Waals surface area contributed by atoms with Gasteiger partial charge in [0.25, 0.3) is 0 Å². The number of allylic oxidation sites excluding steroid dienone is 2. The van der Waals surface area contributed by atoms with Gasteiger partial charge in [-0.3, -0.25) is 0 Å². The number of carbonyl (C=O) groups is 2. The molecule has 0 aliphatic rings. The van der Waals surface area contributed by atoms with Gasteiger partial charge in [0.1, 0.15) is 11.2 Å². The summed E-state index contributed by atoms with van der Waals surface area (Å²) < 4.78 is 9.67. The summed E-state index contributed by atoms with van der Waals surface area (Å²) in [6.07, 6.45) is 1.87. The number of carbonyl (C=O) groups excluding carboxylic acids is 2. The van der Waals surface area contributed by atoms with Gasteiger partial charge in [-0.15, -0.1) is 11.5 Å². The van der Waals surface area contributed by atoms with Crippen LogP contribution in [0.4, 0.5) is 0 Å². The molecule has 0 aliphatic carbocycles. The molecule has 0 fully saturated rings. The van der Waals surface area contributed by atoms with E-state index >= 15 is 0 Å². The van der Waals surface area contributed by atoms with Gasteiger partial charge in [-0.25, -0.2) is 9.59 Å². The molecule has 7 heteroatoms. The number of ether oxygens (including phenoxy) is 2. The minimum atomic E-state index is -0.579. The van der Waals surface area contributed by atoms with E-state index in [4.69, 9.17) is 9.47 Å². The van der Waals surface area contributed by atoms with Crippen LogP contribution in [0.5, 0.6) is 0 Å². The molecule has 0 aromatic carbocycles. The van der Waals surface area contributed by atoms with Gasteiger partial charge in [0.05, 0.1) is 0 Å². The number of hydrogen-bond acceptors (Lipinski definition) is 6. The molecule has 0 heterocycles. The molecule has 6 nitrogen and oxygen atoms in total. The molecule has 0 aliphatic heterocycles. The summed E-state index contributed by atoms with van der Waals surface area (Å²) in [5.74, 6) is -1.74. The Labute approximate surface area is 149 Å². The van der Waals surface area contributed by atoms with Gasteiger partial charge < -0.3 is 19.7 Å². The van der Waals surface area contributed by atoms with Gasteiger partial charge in [-0.2, -0.15) is 0 Å². The van der Waals surface area contributed by atoms with Crippen molar-refractivity contribution in [2.75, 3.05) is 0 Å². The van der Waals surface area contributed by atoms with E-state index in [-0.39, 0.29) is 28.6 Å². The largest absolute Gasteiger partial charge is 2.00 e. The Hall–Kier alpha value is -1.46. The molecule has 0 saturated heterocycles. The Balaban J connectivity index is -0.000000333. The molecule has 0 bridgehead atoms. The first-order valence-electron chi connectivity index (χ1n) is 6.79. The van der Waals surface area contributed by atoms with Gasteiger partial charge in [-0.1, -0.05) is 13.8 Å². The van der Waals surface area contributed by atoms with Crippen molar-refractivity contribution in [2.24, 2.45) is 0 Å². The van der Waals surface area contributed by atoms with E-state index in [1.165, 1.54) is 13.8 Å². The normalized spacial score (nSPS) is 12.3. The Morgan fingerprint density at radius 2 is 0.957 bits per heavy atom. The van der Waals surface area contributed by atoms with Crippen LogP contribution in [0.25, 0.3) is 0 Å². The summed E-state index contributed by atoms with van der Waals surface area (Å²) in [6, 6.07) is 0. The Morgan fingerprint density at radius 1 is 0.739 bits per heavy atom. The molecular weight excluding hydrogens is 352 g/mol. The first-order chi connectivity index (χ1) is 9.62. The van der Waals surface area contributed by atoms with E-state index in [9.17, 15) is 19.8 Å². The molecular formula is C16H26CuO6. The fourth-order valence-corrected chi connectivity index (χ4v) is 0.994. The molecule has 1 radical (unpaired) electrons. The van der Waals surface area contributed by atoms with Crippen LogP contribution in [0.3, 0.4) is 0 Å². The van der Waals surface area contributed by atoms with Crippen LogP contribution in [0, 0.1) is 0 Å². The maximum atomic E-state index is 10.8. The first-order valence-corrected chi connectivity index (χ1v) is 6.79. The van der Waals surface area contributed by atoms with Crippen molar-refractivity contribution in [3.05, 3.63) is 23.7 Å². The average molecular weight is 378 g/mol. The number of esters is 2. The second kappa shape index (κ2) is 11.1. The monoisotopic (exact) mass is 377 g/mol. The van der Waals surface area contributed by atoms with Crippen molar-refractivity contribution in [2.45, 2.75) is 66.6 Å². The topological polar surface area (TPSA) is 98.7 Å². The van der Waals surface area contributed by atoms with Crippen molar-refractivity contribution in [3.63, 3.8) is 0 Å². The van der Waals surface area contributed by atoms with E-state index in [0.29, 0.717) is 0 Å². The molecule has 0 atom stereocenters. The van der Waals surface area contributed by atoms with E-state index in [2.05, 4.69) is 0 Å². The third-order valence-corrected chi connectivity index (χ3v) is 1.46. The summed E-state index contributed by atoms with van der Waals surface area (Å²) in [6.45, 7) is 13.1. The molecule has 0 rings (SSSR count). The molecule has 23 heavy (non-hydrogen) atoms. The van der Waals surface area contributed by atoms with Crippen molar-refractivity contribution in [3.8, 4) is 0 Å². The van der Waals surface area contributed by atoms with Crippen LogP contribution in [0.1, 0.15) is 55.4 Å². The summed E-state index contributed by atoms with van der Waals surface area (Å²) in [7, 11) is 0. The minimum absolute atomic E-state index is 0. The molecule has 0 aromatic rings. The Kier molecular flexibility index (Phi) is 12.8. The predicted octanol–water partition coefficient (Wildman–Crippen LogP) is 1.18. The van der Waals surface area contributed by atoms with Crippen LogP contribution in [-0.2, 0) is 36.1 Å². The van der Waals surface area contributed by atoms with Crippen molar-refractivity contribution in [1.29, 1.82) is 0 Å². The Bertz CT molecular complexity index is 388. The third kappa shape index (κ3) is 25.8. The van der Waals surface area contributed by atoms with Crippen LogP contribution in [-0.4, -0.2) is 23.1 Å². The Morgan fingerprint density at radius 3 is 1.09 bits per heavy atom. The van der Waals surface area contributed by atoms with Crippen LogP contribution >= 0.6 is 0 Å². The molecule has 0 aromatic heterocycles. The molecule has 0 N–H and O–H groups in total. The molecule has 137 valence electrons. The van der Waals surface area contributed by atoms with Gasteiger partial charge in [-0.05, 0) is 41.5 Å². The van der Waals surface area contributed by atoms with Crippen LogP contribution < -0.4 is 10.2 Å². The van der Waals surface area contributed by atoms with Crippen molar-refractivity contribution in [1.82, 2.24) is 0 Å². The summed E-state index contributed by atoms with van der Waals surface area (Å²) in [5, 5.41) is 20.8.